The molecule has 0 aliphatic heterocycles. The minimum absolute atomic E-state index is 0.280. The molecule has 2 nitrogen and oxygen atoms in total. The Hall–Kier alpha value is -0.450. The fourth-order valence-corrected chi connectivity index (χ4v) is 2.95. The molecule has 1 rings (SSSR count). The van der Waals surface area contributed by atoms with Crippen molar-refractivity contribution in [1.82, 2.24) is 0 Å². The standard InChI is InChI=1S/C19H31IO2/c1-18(2,3)10-6-8-14-12-17(22)15(13-16(14)21)9-7-11-19(4,5)20/h12-13,21-22H,6-11H2,1-5H3. The summed E-state index contributed by atoms with van der Waals surface area (Å²) in [6.07, 6.45) is 5.89. The monoisotopic (exact) mass is 418 g/mol. The van der Waals surface area contributed by atoms with Crippen LogP contribution in [0.4, 0.5) is 0 Å². The Morgan fingerprint density at radius 1 is 0.818 bits per heavy atom. The average molecular weight is 418 g/mol. The van der Waals surface area contributed by atoms with Gasteiger partial charge in [-0.25, -0.2) is 0 Å². The summed E-state index contributed by atoms with van der Waals surface area (Å²) in [5.74, 6) is 0.658. The van der Waals surface area contributed by atoms with Crippen molar-refractivity contribution < 1.29 is 10.2 Å². The largest absolute Gasteiger partial charge is 0.508 e. The second-order valence-corrected chi connectivity index (χ2v) is 11.0. The van der Waals surface area contributed by atoms with E-state index in [-0.39, 0.29) is 3.42 Å². The number of halogens is 1. The number of aryl methyl sites for hydroxylation is 2. The second-order valence-electron chi connectivity index (χ2n) is 8.10. The molecule has 0 spiro atoms. The molecule has 0 fully saturated rings. The highest BCUT2D eigenvalue weighted by Crippen LogP contribution is 2.32. The molecule has 1 aromatic rings. The van der Waals surface area contributed by atoms with Crippen LogP contribution in [0.5, 0.6) is 11.5 Å². The molecule has 22 heavy (non-hydrogen) atoms. The van der Waals surface area contributed by atoms with E-state index < -0.39 is 0 Å². The van der Waals surface area contributed by atoms with Crippen molar-refractivity contribution in [2.45, 2.75) is 76.6 Å². The van der Waals surface area contributed by atoms with Gasteiger partial charge in [-0.1, -0.05) is 57.2 Å². The van der Waals surface area contributed by atoms with E-state index in [4.69, 9.17) is 0 Å². The van der Waals surface area contributed by atoms with Gasteiger partial charge >= 0.3 is 0 Å². The first kappa shape index (κ1) is 19.6. The first-order valence-corrected chi connectivity index (χ1v) is 9.28. The van der Waals surface area contributed by atoms with Crippen LogP contribution in [0.2, 0.25) is 0 Å². The number of alkyl halides is 1. The maximum atomic E-state index is 10.2. The number of hydrogen-bond donors (Lipinski definition) is 2. The van der Waals surface area contributed by atoms with Crippen molar-refractivity contribution in [3.8, 4) is 11.5 Å². The number of phenols is 2. The lowest BCUT2D eigenvalue weighted by molar-refractivity contribution is 0.363. The lowest BCUT2D eigenvalue weighted by Gasteiger charge is -2.18. The van der Waals surface area contributed by atoms with E-state index in [1.165, 1.54) is 0 Å². The van der Waals surface area contributed by atoms with Crippen LogP contribution >= 0.6 is 22.6 Å². The quantitative estimate of drug-likeness (QED) is 0.324. The third kappa shape index (κ3) is 7.70. The molecule has 0 radical (unpaired) electrons. The second kappa shape index (κ2) is 7.89. The smallest absolute Gasteiger partial charge is 0.119 e. The highest BCUT2D eigenvalue weighted by Gasteiger charge is 2.15. The number of phenolic OH excluding ortho intramolecular Hbond substituents is 2. The Bertz CT molecular complexity index is 436. The molecule has 2 N–H and O–H groups in total. The minimum Gasteiger partial charge on any atom is -0.508 e. The average Bonchev–Trinajstić information content (AvgIpc) is 2.31. The normalized spacial score (nSPS) is 12.6. The van der Waals surface area contributed by atoms with Gasteiger partial charge in [-0.2, -0.15) is 0 Å². The Balaban J connectivity index is 2.63. The molecule has 0 aliphatic rings. The highest BCUT2D eigenvalue weighted by atomic mass is 127. The number of hydrogen-bond acceptors (Lipinski definition) is 2. The topological polar surface area (TPSA) is 40.5 Å². The summed E-state index contributed by atoms with van der Waals surface area (Å²) < 4.78 is 0.280. The minimum atomic E-state index is 0.280. The Morgan fingerprint density at radius 2 is 1.23 bits per heavy atom. The van der Waals surface area contributed by atoms with E-state index in [2.05, 4.69) is 57.2 Å². The number of benzene rings is 1. The zero-order valence-corrected chi connectivity index (χ0v) is 16.8. The first-order chi connectivity index (χ1) is 9.98. The van der Waals surface area contributed by atoms with Gasteiger partial charge < -0.3 is 10.2 Å². The van der Waals surface area contributed by atoms with E-state index in [9.17, 15) is 10.2 Å². The molecule has 0 unspecified atom stereocenters. The summed E-state index contributed by atoms with van der Waals surface area (Å²) in [5, 5.41) is 20.4. The Kier molecular flexibility index (Phi) is 7.03. The number of rotatable bonds is 7. The van der Waals surface area contributed by atoms with E-state index in [0.29, 0.717) is 16.9 Å². The zero-order chi connectivity index (χ0) is 17.0. The van der Waals surface area contributed by atoms with Crippen molar-refractivity contribution in [1.29, 1.82) is 0 Å². The van der Waals surface area contributed by atoms with Gasteiger partial charge in [-0.3, -0.25) is 0 Å². The van der Waals surface area contributed by atoms with Gasteiger partial charge in [0.25, 0.3) is 0 Å². The summed E-state index contributed by atoms with van der Waals surface area (Å²) in [7, 11) is 0. The van der Waals surface area contributed by atoms with Gasteiger partial charge in [0.05, 0.1) is 0 Å². The summed E-state index contributed by atoms with van der Waals surface area (Å²) in [6.45, 7) is 11.1. The molecule has 3 heteroatoms. The third-order valence-corrected chi connectivity index (χ3v) is 4.41. The third-order valence-electron chi connectivity index (χ3n) is 3.87. The van der Waals surface area contributed by atoms with Crippen LogP contribution in [0.1, 0.15) is 71.4 Å². The molecule has 0 bridgehead atoms. The molecular weight excluding hydrogens is 387 g/mol. The molecule has 0 saturated heterocycles. The van der Waals surface area contributed by atoms with Crippen LogP contribution in [0.25, 0.3) is 0 Å². The SMILES string of the molecule is CC(C)(C)CCCc1cc(O)c(CCCC(C)(C)I)cc1O. The van der Waals surface area contributed by atoms with Gasteiger partial charge in [-0.15, -0.1) is 0 Å². The highest BCUT2D eigenvalue weighted by molar-refractivity contribution is 14.1. The van der Waals surface area contributed by atoms with Crippen molar-refractivity contribution in [2.75, 3.05) is 0 Å². The van der Waals surface area contributed by atoms with Gasteiger partial charge in [0.1, 0.15) is 11.5 Å². The van der Waals surface area contributed by atoms with E-state index in [1.807, 2.05) is 0 Å². The van der Waals surface area contributed by atoms with Crippen molar-refractivity contribution in [3.63, 3.8) is 0 Å². The van der Waals surface area contributed by atoms with Crippen LogP contribution in [0.3, 0.4) is 0 Å². The lowest BCUT2D eigenvalue weighted by Crippen LogP contribution is -2.08. The van der Waals surface area contributed by atoms with Gasteiger partial charge in [-0.05, 0) is 67.2 Å². The van der Waals surface area contributed by atoms with E-state index >= 15 is 0 Å². The van der Waals surface area contributed by atoms with Crippen molar-refractivity contribution >= 4 is 22.6 Å². The molecule has 0 amide bonds. The van der Waals surface area contributed by atoms with E-state index in [0.717, 1.165) is 49.7 Å². The summed E-state index contributed by atoms with van der Waals surface area (Å²) in [5.41, 5.74) is 2.03. The van der Waals surface area contributed by atoms with Crippen molar-refractivity contribution in [2.24, 2.45) is 5.41 Å². The maximum Gasteiger partial charge on any atom is 0.119 e. The molecule has 0 aromatic heterocycles. The molecule has 0 heterocycles. The lowest BCUT2D eigenvalue weighted by atomic mass is 9.88. The summed E-state index contributed by atoms with van der Waals surface area (Å²) in [6, 6.07) is 3.50. The van der Waals surface area contributed by atoms with E-state index in [1.54, 1.807) is 12.1 Å². The molecule has 0 saturated carbocycles. The van der Waals surface area contributed by atoms with Crippen LogP contribution in [0.15, 0.2) is 12.1 Å². The summed E-state index contributed by atoms with van der Waals surface area (Å²) >= 11 is 2.45. The molecule has 0 aliphatic carbocycles. The Morgan fingerprint density at radius 3 is 1.59 bits per heavy atom. The van der Waals surface area contributed by atoms with Crippen LogP contribution < -0.4 is 0 Å². The maximum absolute atomic E-state index is 10.2. The fourth-order valence-electron chi connectivity index (χ4n) is 2.57. The molecule has 126 valence electrons. The zero-order valence-electron chi connectivity index (χ0n) is 14.7. The fraction of sp³-hybridized carbons (Fsp3) is 0.684. The van der Waals surface area contributed by atoms with Crippen LogP contribution in [-0.2, 0) is 12.8 Å². The predicted molar refractivity (Wildman–Crippen MR) is 103 cm³/mol. The first-order valence-electron chi connectivity index (χ1n) is 8.21. The van der Waals surface area contributed by atoms with Gasteiger partial charge in [0.2, 0.25) is 0 Å². The molecule has 0 atom stereocenters. The van der Waals surface area contributed by atoms with Crippen molar-refractivity contribution in [3.05, 3.63) is 23.3 Å². The number of aromatic hydroxyl groups is 2. The molecule has 1 aromatic carbocycles. The Labute approximate surface area is 149 Å². The van der Waals surface area contributed by atoms with Crippen LogP contribution in [0, 0.1) is 5.41 Å². The van der Waals surface area contributed by atoms with Gasteiger partial charge in [0.15, 0.2) is 0 Å². The molecular formula is C19H31IO2. The summed E-state index contributed by atoms with van der Waals surface area (Å²) in [4.78, 5) is 0. The van der Waals surface area contributed by atoms with Crippen LogP contribution in [-0.4, -0.2) is 13.6 Å². The van der Waals surface area contributed by atoms with Gasteiger partial charge in [0, 0.05) is 3.42 Å². The predicted octanol–water partition coefficient (Wildman–Crippen LogP) is 6.00.